The van der Waals surface area contributed by atoms with Crippen LogP contribution in [-0.4, -0.2) is 23.7 Å². The summed E-state index contributed by atoms with van der Waals surface area (Å²) in [6.45, 7) is 1.93. The zero-order valence-corrected chi connectivity index (χ0v) is 13.6. The minimum Gasteiger partial charge on any atom is -0.395 e. The molecular formula is C15H16ClNOS2. The third-order valence-corrected chi connectivity index (χ3v) is 4.79. The van der Waals surface area contributed by atoms with Gasteiger partial charge in [0.25, 0.3) is 0 Å². The van der Waals surface area contributed by atoms with E-state index >= 15 is 0 Å². The quantitative estimate of drug-likeness (QED) is 0.845. The van der Waals surface area contributed by atoms with Gasteiger partial charge in [0.1, 0.15) is 0 Å². The summed E-state index contributed by atoms with van der Waals surface area (Å²) in [5, 5.41) is 8.70. The molecule has 2 aromatic rings. The number of hydrogen-bond donors (Lipinski definition) is 1. The maximum Gasteiger partial charge on any atom is 0.0931 e. The van der Waals surface area contributed by atoms with Crippen LogP contribution in [0.2, 0.25) is 4.34 Å². The topological polar surface area (TPSA) is 23.5 Å². The summed E-state index contributed by atoms with van der Waals surface area (Å²) in [5.74, 6) is 6.01. The normalized spacial score (nSPS) is 10.6. The van der Waals surface area contributed by atoms with Crippen molar-refractivity contribution in [2.24, 2.45) is 0 Å². The van der Waals surface area contributed by atoms with Gasteiger partial charge >= 0.3 is 0 Å². The van der Waals surface area contributed by atoms with Crippen LogP contribution in [0.1, 0.15) is 21.1 Å². The molecule has 0 aliphatic heterocycles. The molecule has 0 aromatic carbocycles. The maximum absolute atomic E-state index is 8.70. The molecule has 0 saturated heterocycles. The van der Waals surface area contributed by atoms with Crippen LogP contribution in [0.4, 0.5) is 0 Å². The summed E-state index contributed by atoms with van der Waals surface area (Å²) in [6.07, 6.45) is 0.534. The van der Waals surface area contributed by atoms with Gasteiger partial charge in [-0.05, 0) is 31.3 Å². The van der Waals surface area contributed by atoms with E-state index in [2.05, 4.69) is 35.9 Å². The van der Waals surface area contributed by atoms with Gasteiger partial charge in [-0.15, -0.1) is 22.7 Å². The zero-order chi connectivity index (χ0) is 14.4. The van der Waals surface area contributed by atoms with E-state index in [4.69, 9.17) is 16.7 Å². The van der Waals surface area contributed by atoms with Gasteiger partial charge in [0.15, 0.2) is 0 Å². The van der Waals surface area contributed by atoms with Crippen LogP contribution < -0.4 is 0 Å². The Morgan fingerprint density at radius 3 is 2.50 bits per heavy atom. The second-order valence-corrected chi connectivity index (χ2v) is 7.39. The van der Waals surface area contributed by atoms with E-state index < -0.39 is 0 Å². The van der Waals surface area contributed by atoms with Crippen LogP contribution in [0.15, 0.2) is 24.3 Å². The first-order chi connectivity index (χ1) is 9.67. The van der Waals surface area contributed by atoms with Gasteiger partial charge in [-0.2, -0.15) is 0 Å². The molecule has 0 unspecified atom stereocenters. The van der Waals surface area contributed by atoms with Crippen molar-refractivity contribution in [2.75, 3.05) is 13.7 Å². The minimum atomic E-state index is 0.122. The summed E-state index contributed by atoms with van der Waals surface area (Å²) < 4.78 is 0.839. The standard InChI is InChI=1S/C15H16ClNOS2/c1-17(11-14-7-8-15(16)20-14)10-13-6-5-12(19-13)4-2-3-9-18/h5-8,18H,3,9-11H2,1H3. The SMILES string of the molecule is CN(Cc1ccc(Cl)s1)Cc1ccc(C#CCCO)s1. The highest BCUT2D eigenvalue weighted by atomic mass is 35.5. The molecule has 0 fully saturated rings. The van der Waals surface area contributed by atoms with Crippen molar-refractivity contribution in [3.8, 4) is 11.8 Å². The molecule has 2 nitrogen and oxygen atoms in total. The van der Waals surface area contributed by atoms with Crippen molar-refractivity contribution in [2.45, 2.75) is 19.5 Å². The highest BCUT2D eigenvalue weighted by Crippen LogP contribution is 2.23. The van der Waals surface area contributed by atoms with Crippen LogP contribution in [0.25, 0.3) is 0 Å². The second-order valence-electron chi connectivity index (χ2n) is 4.42. The minimum absolute atomic E-state index is 0.122. The van der Waals surface area contributed by atoms with Gasteiger partial charge in [0.05, 0.1) is 15.8 Å². The fraction of sp³-hybridized carbons (Fsp3) is 0.333. The Morgan fingerprint density at radius 1 is 1.15 bits per heavy atom. The number of halogens is 1. The molecule has 0 atom stereocenters. The summed E-state index contributed by atoms with van der Waals surface area (Å²) in [5.41, 5.74) is 0. The first-order valence-corrected chi connectivity index (χ1v) is 8.29. The van der Waals surface area contributed by atoms with Crippen molar-refractivity contribution in [3.63, 3.8) is 0 Å². The van der Waals surface area contributed by atoms with E-state index in [1.807, 2.05) is 12.1 Å². The molecule has 20 heavy (non-hydrogen) atoms. The van der Waals surface area contributed by atoms with Crippen LogP contribution >= 0.6 is 34.3 Å². The molecule has 0 amide bonds. The predicted molar refractivity (Wildman–Crippen MR) is 87.4 cm³/mol. The molecule has 0 aliphatic rings. The molecule has 2 aromatic heterocycles. The summed E-state index contributed by atoms with van der Waals surface area (Å²) in [7, 11) is 2.10. The molecule has 0 radical (unpaired) electrons. The first kappa shape index (κ1) is 15.6. The van der Waals surface area contributed by atoms with Gasteiger partial charge < -0.3 is 5.11 Å². The van der Waals surface area contributed by atoms with Crippen LogP contribution in [-0.2, 0) is 13.1 Å². The Labute approximate surface area is 132 Å². The van der Waals surface area contributed by atoms with Crippen molar-refractivity contribution in [3.05, 3.63) is 43.2 Å². The zero-order valence-electron chi connectivity index (χ0n) is 11.2. The van der Waals surface area contributed by atoms with Gasteiger partial charge in [-0.1, -0.05) is 23.4 Å². The Balaban J connectivity index is 1.88. The largest absolute Gasteiger partial charge is 0.395 e. The number of rotatable bonds is 5. The highest BCUT2D eigenvalue weighted by Gasteiger charge is 2.06. The fourth-order valence-electron chi connectivity index (χ4n) is 1.76. The predicted octanol–water partition coefficient (Wildman–Crippen LogP) is 3.83. The lowest BCUT2D eigenvalue weighted by Gasteiger charge is -2.13. The molecule has 0 saturated carbocycles. The monoisotopic (exact) mass is 325 g/mol. The van der Waals surface area contributed by atoms with Crippen LogP contribution in [0.3, 0.4) is 0 Å². The Bertz CT molecular complexity index is 609. The Morgan fingerprint density at radius 2 is 1.85 bits per heavy atom. The number of thiophene rings is 2. The molecule has 2 rings (SSSR count). The lowest BCUT2D eigenvalue weighted by molar-refractivity contribution is 0.305. The molecule has 0 bridgehead atoms. The number of nitrogens with zero attached hydrogens (tertiary/aromatic N) is 1. The van der Waals surface area contributed by atoms with Crippen LogP contribution in [0, 0.1) is 11.8 Å². The van der Waals surface area contributed by atoms with Gasteiger partial charge in [-0.25, -0.2) is 0 Å². The van der Waals surface area contributed by atoms with Crippen molar-refractivity contribution >= 4 is 34.3 Å². The lowest BCUT2D eigenvalue weighted by atomic mass is 10.3. The van der Waals surface area contributed by atoms with E-state index in [0.29, 0.717) is 6.42 Å². The van der Waals surface area contributed by atoms with E-state index in [0.717, 1.165) is 22.3 Å². The van der Waals surface area contributed by atoms with Crippen molar-refractivity contribution < 1.29 is 5.11 Å². The molecular weight excluding hydrogens is 310 g/mol. The number of hydrogen-bond acceptors (Lipinski definition) is 4. The molecule has 5 heteroatoms. The molecule has 0 spiro atoms. The lowest BCUT2D eigenvalue weighted by Crippen LogP contribution is -2.15. The Kier molecular flexibility index (Phi) is 6.08. The van der Waals surface area contributed by atoms with E-state index in [1.165, 1.54) is 9.75 Å². The third kappa shape index (κ3) is 4.93. The average Bonchev–Trinajstić information content (AvgIpc) is 2.99. The number of aliphatic hydroxyl groups is 1. The van der Waals surface area contributed by atoms with E-state index in [1.54, 1.807) is 22.7 Å². The molecule has 0 aliphatic carbocycles. The maximum atomic E-state index is 8.70. The Hall–Kier alpha value is -0.830. The second kappa shape index (κ2) is 7.82. The van der Waals surface area contributed by atoms with Crippen LogP contribution in [0.5, 0.6) is 0 Å². The third-order valence-electron chi connectivity index (χ3n) is 2.59. The average molecular weight is 326 g/mol. The summed E-state index contributed by atoms with van der Waals surface area (Å²) >= 11 is 9.27. The summed E-state index contributed by atoms with van der Waals surface area (Å²) in [4.78, 5) is 5.89. The van der Waals surface area contributed by atoms with Crippen molar-refractivity contribution in [1.82, 2.24) is 4.90 Å². The van der Waals surface area contributed by atoms with Crippen molar-refractivity contribution in [1.29, 1.82) is 0 Å². The number of aliphatic hydroxyl groups excluding tert-OH is 1. The molecule has 1 N–H and O–H groups in total. The smallest absolute Gasteiger partial charge is 0.0931 e. The first-order valence-electron chi connectivity index (χ1n) is 6.28. The van der Waals surface area contributed by atoms with E-state index in [9.17, 15) is 0 Å². The fourth-order valence-corrected chi connectivity index (χ4v) is 3.89. The molecule has 2 heterocycles. The van der Waals surface area contributed by atoms with Gasteiger partial charge in [-0.3, -0.25) is 4.90 Å². The molecule has 106 valence electrons. The van der Waals surface area contributed by atoms with Gasteiger partial charge in [0.2, 0.25) is 0 Å². The van der Waals surface area contributed by atoms with Gasteiger partial charge in [0, 0.05) is 29.3 Å². The van der Waals surface area contributed by atoms with E-state index in [-0.39, 0.29) is 6.61 Å². The summed E-state index contributed by atoms with van der Waals surface area (Å²) in [6, 6.07) is 8.17. The highest BCUT2D eigenvalue weighted by molar-refractivity contribution is 7.16.